The number of carbonyl (C=O) groups is 1. The maximum absolute atomic E-state index is 11.3. The van der Waals surface area contributed by atoms with Gasteiger partial charge in [-0.05, 0) is 49.4 Å². The van der Waals surface area contributed by atoms with Gasteiger partial charge in [0.25, 0.3) is 0 Å². The lowest BCUT2D eigenvalue weighted by atomic mass is 9.98. The molecule has 1 amide bonds. The minimum absolute atomic E-state index is 0.154. The summed E-state index contributed by atoms with van der Waals surface area (Å²) in [6, 6.07) is 7.57. The van der Waals surface area contributed by atoms with E-state index >= 15 is 0 Å². The molecular formula is C17H26N2O3. The number of aliphatic hydroxyl groups excluding tert-OH is 1. The van der Waals surface area contributed by atoms with Crippen LogP contribution >= 0.6 is 0 Å². The van der Waals surface area contributed by atoms with Crippen LogP contribution in [-0.2, 0) is 4.79 Å². The van der Waals surface area contributed by atoms with Gasteiger partial charge < -0.3 is 20.5 Å². The minimum atomic E-state index is -0.535. The van der Waals surface area contributed by atoms with Gasteiger partial charge in [-0.3, -0.25) is 4.79 Å². The first-order valence-corrected chi connectivity index (χ1v) is 7.96. The normalized spacial score (nSPS) is 17.3. The van der Waals surface area contributed by atoms with Crippen molar-refractivity contribution in [3.63, 3.8) is 0 Å². The SMILES string of the molecule is CC(=O)N1CCC(COc2cccc(C(O)CCN)c2)CC1. The number of piperidine rings is 1. The molecule has 0 saturated carbocycles. The molecule has 5 nitrogen and oxygen atoms in total. The zero-order valence-corrected chi connectivity index (χ0v) is 13.2. The number of ether oxygens (including phenoxy) is 1. The van der Waals surface area contributed by atoms with Gasteiger partial charge in [-0.15, -0.1) is 0 Å². The van der Waals surface area contributed by atoms with Crippen LogP contribution in [0, 0.1) is 5.92 Å². The smallest absolute Gasteiger partial charge is 0.219 e. The summed E-state index contributed by atoms with van der Waals surface area (Å²) in [5.41, 5.74) is 6.32. The fraction of sp³-hybridized carbons (Fsp3) is 0.588. The molecule has 1 aliphatic heterocycles. The van der Waals surface area contributed by atoms with Crippen LogP contribution in [0.2, 0.25) is 0 Å². The van der Waals surface area contributed by atoms with E-state index in [4.69, 9.17) is 10.5 Å². The molecule has 1 heterocycles. The standard InChI is InChI=1S/C17H26N2O3/c1-13(20)19-9-6-14(7-10-19)12-22-16-4-2-3-15(11-16)17(21)5-8-18/h2-4,11,14,17,21H,5-10,12,18H2,1H3. The highest BCUT2D eigenvalue weighted by Crippen LogP contribution is 2.23. The molecule has 5 heteroatoms. The molecule has 22 heavy (non-hydrogen) atoms. The molecule has 0 radical (unpaired) electrons. The average Bonchev–Trinajstić information content (AvgIpc) is 2.54. The van der Waals surface area contributed by atoms with Crippen molar-refractivity contribution < 1.29 is 14.6 Å². The number of likely N-dealkylation sites (tertiary alicyclic amines) is 1. The van der Waals surface area contributed by atoms with Crippen molar-refractivity contribution in [2.24, 2.45) is 11.7 Å². The van der Waals surface area contributed by atoms with Crippen molar-refractivity contribution in [1.82, 2.24) is 4.90 Å². The Hall–Kier alpha value is -1.59. The number of benzene rings is 1. The van der Waals surface area contributed by atoms with E-state index in [1.807, 2.05) is 29.2 Å². The van der Waals surface area contributed by atoms with Gasteiger partial charge in [0.15, 0.2) is 0 Å². The fourth-order valence-corrected chi connectivity index (χ4v) is 2.76. The molecule has 2 rings (SSSR count). The highest BCUT2D eigenvalue weighted by Gasteiger charge is 2.21. The van der Waals surface area contributed by atoms with Crippen LogP contribution in [0.1, 0.15) is 37.9 Å². The number of rotatable bonds is 6. The van der Waals surface area contributed by atoms with E-state index in [2.05, 4.69) is 0 Å². The Kier molecular flexibility index (Phi) is 6.21. The predicted molar refractivity (Wildman–Crippen MR) is 85.5 cm³/mol. The second-order valence-electron chi connectivity index (χ2n) is 5.93. The first-order valence-electron chi connectivity index (χ1n) is 7.96. The van der Waals surface area contributed by atoms with Crippen LogP contribution in [0.25, 0.3) is 0 Å². The monoisotopic (exact) mass is 306 g/mol. The summed E-state index contributed by atoms with van der Waals surface area (Å²) < 4.78 is 5.86. The van der Waals surface area contributed by atoms with Crippen molar-refractivity contribution in [3.05, 3.63) is 29.8 Å². The summed E-state index contributed by atoms with van der Waals surface area (Å²) in [4.78, 5) is 13.2. The third kappa shape index (κ3) is 4.71. The number of nitrogens with two attached hydrogens (primary N) is 1. The summed E-state index contributed by atoms with van der Waals surface area (Å²) in [5.74, 6) is 1.41. The van der Waals surface area contributed by atoms with Crippen molar-refractivity contribution in [1.29, 1.82) is 0 Å². The van der Waals surface area contributed by atoms with E-state index in [0.29, 0.717) is 25.5 Å². The van der Waals surface area contributed by atoms with E-state index in [1.165, 1.54) is 0 Å². The Morgan fingerprint density at radius 2 is 2.18 bits per heavy atom. The topological polar surface area (TPSA) is 75.8 Å². The van der Waals surface area contributed by atoms with Gasteiger partial charge >= 0.3 is 0 Å². The maximum atomic E-state index is 11.3. The van der Waals surface area contributed by atoms with Crippen LogP contribution in [0.4, 0.5) is 0 Å². The highest BCUT2D eigenvalue weighted by atomic mass is 16.5. The van der Waals surface area contributed by atoms with Crippen LogP contribution in [-0.4, -0.2) is 42.2 Å². The molecule has 1 atom stereocenters. The summed E-state index contributed by atoms with van der Waals surface area (Å²) in [6.45, 7) is 4.37. The molecule has 3 N–H and O–H groups in total. The van der Waals surface area contributed by atoms with E-state index in [9.17, 15) is 9.90 Å². The Labute approximate surface area is 132 Å². The lowest BCUT2D eigenvalue weighted by Crippen LogP contribution is -2.38. The van der Waals surface area contributed by atoms with Crippen LogP contribution < -0.4 is 10.5 Å². The van der Waals surface area contributed by atoms with Gasteiger partial charge in [0.1, 0.15) is 5.75 Å². The Bertz CT molecular complexity index is 485. The number of hydrogen-bond acceptors (Lipinski definition) is 4. The lowest BCUT2D eigenvalue weighted by molar-refractivity contribution is -0.130. The second-order valence-corrected chi connectivity index (χ2v) is 5.93. The molecular weight excluding hydrogens is 280 g/mol. The molecule has 0 aliphatic carbocycles. The van der Waals surface area contributed by atoms with Crippen molar-refractivity contribution in [2.45, 2.75) is 32.3 Å². The summed E-state index contributed by atoms with van der Waals surface area (Å²) in [7, 11) is 0. The molecule has 1 aromatic rings. The van der Waals surface area contributed by atoms with Crippen molar-refractivity contribution in [3.8, 4) is 5.75 Å². The molecule has 122 valence electrons. The molecule has 1 fully saturated rings. The van der Waals surface area contributed by atoms with Crippen LogP contribution in [0.15, 0.2) is 24.3 Å². The molecule has 1 saturated heterocycles. The second kappa shape index (κ2) is 8.15. The van der Waals surface area contributed by atoms with Crippen molar-refractivity contribution >= 4 is 5.91 Å². The van der Waals surface area contributed by atoms with Crippen LogP contribution in [0.5, 0.6) is 5.75 Å². The number of amides is 1. The van der Waals surface area contributed by atoms with Gasteiger partial charge in [0.05, 0.1) is 12.7 Å². The number of nitrogens with zero attached hydrogens (tertiary/aromatic N) is 1. The number of carbonyl (C=O) groups excluding carboxylic acids is 1. The quantitative estimate of drug-likeness (QED) is 0.839. The van der Waals surface area contributed by atoms with Gasteiger partial charge in [0, 0.05) is 20.0 Å². The maximum Gasteiger partial charge on any atom is 0.219 e. The summed E-state index contributed by atoms with van der Waals surface area (Å²) in [5, 5.41) is 9.97. The van der Waals surface area contributed by atoms with Crippen molar-refractivity contribution in [2.75, 3.05) is 26.2 Å². The molecule has 1 unspecified atom stereocenters. The molecule has 0 aromatic heterocycles. The zero-order valence-electron chi connectivity index (χ0n) is 13.2. The largest absolute Gasteiger partial charge is 0.493 e. The van der Waals surface area contributed by atoms with Crippen LogP contribution in [0.3, 0.4) is 0 Å². The van der Waals surface area contributed by atoms with E-state index in [-0.39, 0.29) is 5.91 Å². The number of hydrogen-bond donors (Lipinski definition) is 2. The first-order chi connectivity index (χ1) is 10.6. The molecule has 0 bridgehead atoms. The fourth-order valence-electron chi connectivity index (χ4n) is 2.76. The predicted octanol–water partition coefficient (Wildman–Crippen LogP) is 1.71. The average molecular weight is 306 g/mol. The third-order valence-electron chi connectivity index (χ3n) is 4.23. The van der Waals surface area contributed by atoms with Gasteiger partial charge in [0.2, 0.25) is 5.91 Å². The number of aliphatic hydroxyl groups is 1. The summed E-state index contributed by atoms with van der Waals surface area (Å²) >= 11 is 0. The van der Waals surface area contributed by atoms with Gasteiger partial charge in [-0.1, -0.05) is 12.1 Å². The molecule has 1 aliphatic rings. The third-order valence-corrected chi connectivity index (χ3v) is 4.23. The Morgan fingerprint density at radius 1 is 1.45 bits per heavy atom. The van der Waals surface area contributed by atoms with Gasteiger partial charge in [-0.25, -0.2) is 0 Å². The molecule has 1 aromatic carbocycles. The zero-order chi connectivity index (χ0) is 15.9. The Morgan fingerprint density at radius 3 is 2.82 bits per heavy atom. The highest BCUT2D eigenvalue weighted by molar-refractivity contribution is 5.73. The lowest BCUT2D eigenvalue weighted by Gasteiger charge is -2.31. The first kappa shape index (κ1) is 16.8. The van der Waals surface area contributed by atoms with Gasteiger partial charge in [-0.2, -0.15) is 0 Å². The van der Waals surface area contributed by atoms with E-state index < -0.39 is 6.10 Å². The minimum Gasteiger partial charge on any atom is -0.493 e. The summed E-state index contributed by atoms with van der Waals surface area (Å²) in [6.07, 6.45) is 1.98. The van der Waals surface area contributed by atoms with E-state index in [1.54, 1.807) is 6.92 Å². The van der Waals surface area contributed by atoms with E-state index in [0.717, 1.165) is 37.2 Å². The Balaban J connectivity index is 1.82. The molecule has 0 spiro atoms.